The summed E-state index contributed by atoms with van der Waals surface area (Å²) in [7, 11) is 1.96. The number of nitrogens with one attached hydrogen (secondary N) is 1. The number of imidazole rings is 1. The highest BCUT2D eigenvalue weighted by atomic mass is 32.1. The molecule has 4 heterocycles. The van der Waals surface area contributed by atoms with Gasteiger partial charge in [-0.05, 0) is 50.7 Å². The molecule has 0 aliphatic heterocycles. The first kappa shape index (κ1) is 23.8. The SMILES string of the molecule is CC(C)n1ccc(-c2sc3nc(-c4nccn4C)nc(N[C@@H]4CC[C@H](CO)C4)c3c2-c2ccccc2)n1. The van der Waals surface area contributed by atoms with E-state index in [1.807, 2.05) is 34.8 Å². The van der Waals surface area contributed by atoms with Crippen LogP contribution in [0, 0.1) is 5.92 Å². The maximum Gasteiger partial charge on any atom is 0.199 e. The van der Waals surface area contributed by atoms with E-state index in [0.29, 0.717) is 11.7 Å². The van der Waals surface area contributed by atoms with Gasteiger partial charge in [0.25, 0.3) is 0 Å². The van der Waals surface area contributed by atoms with Crippen LogP contribution in [0.3, 0.4) is 0 Å². The Morgan fingerprint density at radius 3 is 2.62 bits per heavy atom. The number of aliphatic hydroxyl groups is 1. The van der Waals surface area contributed by atoms with E-state index in [2.05, 4.69) is 54.5 Å². The zero-order valence-corrected chi connectivity index (χ0v) is 22.1. The Bertz CT molecular complexity index is 1530. The molecule has 9 heteroatoms. The second-order valence-corrected chi connectivity index (χ2v) is 11.1. The zero-order chi connectivity index (χ0) is 25.5. The minimum absolute atomic E-state index is 0.228. The van der Waals surface area contributed by atoms with E-state index in [1.54, 1.807) is 17.5 Å². The van der Waals surface area contributed by atoms with Gasteiger partial charge in [-0.1, -0.05) is 30.3 Å². The number of nitrogens with zero attached hydrogens (tertiary/aromatic N) is 6. The third-order valence-electron chi connectivity index (χ3n) is 7.15. The number of benzene rings is 1. The highest BCUT2D eigenvalue weighted by molar-refractivity contribution is 7.22. The van der Waals surface area contributed by atoms with Crippen molar-refractivity contribution in [2.75, 3.05) is 11.9 Å². The van der Waals surface area contributed by atoms with Crippen LogP contribution in [0.25, 0.3) is 43.6 Å². The maximum absolute atomic E-state index is 9.71. The van der Waals surface area contributed by atoms with Gasteiger partial charge in [0, 0.05) is 49.9 Å². The van der Waals surface area contributed by atoms with E-state index in [1.165, 1.54) is 0 Å². The maximum atomic E-state index is 9.71. The van der Waals surface area contributed by atoms with E-state index in [-0.39, 0.29) is 18.7 Å². The molecule has 1 fully saturated rings. The molecule has 0 saturated heterocycles. The molecule has 1 aliphatic carbocycles. The second kappa shape index (κ2) is 9.72. The summed E-state index contributed by atoms with van der Waals surface area (Å²) in [6.07, 6.45) is 8.67. The van der Waals surface area contributed by atoms with Crippen molar-refractivity contribution in [3.63, 3.8) is 0 Å². The van der Waals surface area contributed by atoms with Crippen molar-refractivity contribution in [3.05, 3.63) is 55.0 Å². The molecule has 0 amide bonds. The van der Waals surface area contributed by atoms with Crippen LogP contribution in [0.5, 0.6) is 0 Å². The standard InChI is InChI=1S/C28H31N7OS/c1-17(2)35-13-11-21(33-35)24-22(19-7-5-4-6-8-19)23-25(30-20-10-9-18(15-20)16-36)31-26(32-28(23)37-24)27-29-12-14-34(27)3/h4-8,11-14,17-18,20,36H,9-10,15-16H2,1-3H3,(H,30,31,32)/t18-,20+/m0/s1. The molecule has 6 rings (SSSR count). The number of fused-ring (bicyclic) bond motifs is 1. The van der Waals surface area contributed by atoms with E-state index in [9.17, 15) is 5.11 Å². The normalized spacial score (nSPS) is 17.8. The summed E-state index contributed by atoms with van der Waals surface area (Å²) >= 11 is 1.65. The van der Waals surface area contributed by atoms with Crippen molar-refractivity contribution in [3.8, 4) is 33.3 Å². The molecular formula is C28H31N7OS. The summed E-state index contributed by atoms with van der Waals surface area (Å²) in [5, 5.41) is 19.4. The summed E-state index contributed by atoms with van der Waals surface area (Å²) in [6, 6.07) is 13.0. The van der Waals surface area contributed by atoms with Crippen LogP contribution in [0.2, 0.25) is 0 Å². The number of aryl methyl sites for hydroxylation is 1. The number of thiophene rings is 1. The van der Waals surface area contributed by atoms with E-state index >= 15 is 0 Å². The molecule has 2 atom stereocenters. The fourth-order valence-electron chi connectivity index (χ4n) is 5.16. The highest BCUT2D eigenvalue weighted by Gasteiger charge is 2.28. The number of hydrogen-bond acceptors (Lipinski definition) is 7. The molecule has 0 unspecified atom stereocenters. The molecular weight excluding hydrogens is 482 g/mol. The van der Waals surface area contributed by atoms with Gasteiger partial charge in [0.05, 0.1) is 10.3 Å². The molecule has 4 aromatic heterocycles. The molecule has 1 saturated carbocycles. The Morgan fingerprint density at radius 1 is 1.11 bits per heavy atom. The molecule has 2 N–H and O–H groups in total. The largest absolute Gasteiger partial charge is 0.396 e. The van der Waals surface area contributed by atoms with Crippen molar-refractivity contribution in [1.29, 1.82) is 0 Å². The predicted molar refractivity (Wildman–Crippen MR) is 148 cm³/mol. The van der Waals surface area contributed by atoms with Crippen molar-refractivity contribution >= 4 is 27.4 Å². The molecule has 0 bridgehead atoms. The lowest BCUT2D eigenvalue weighted by Crippen LogP contribution is -2.18. The summed E-state index contributed by atoms with van der Waals surface area (Å²) in [4.78, 5) is 16.6. The van der Waals surface area contributed by atoms with Gasteiger partial charge in [-0.15, -0.1) is 11.3 Å². The molecule has 1 aliphatic rings. The lowest BCUT2D eigenvalue weighted by Gasteiger charge is -2.16. The van der Waals surface area contributed by atoms with Gasteiger partial charge in [-0.2, -0.15) is 5.10 Å². The summed E-state index contributed by atoms with van der Waals surface area (Å²) in [5.74, 6) is 2.47. The summed E-state index contributed by atoms with van der Waals surface area (Å²) in [6.45, 7) is 4.49. The van der Waals surface area contributed by atoms with Gasteiger partial charge in [0.2, 0.25) is 0 Å². The predicted octanol–water partition coefficient (Wildman–Crippen LogP) is 5.78. The summed E-state index contributed by atoms with van der Waals surface area (Å²) < 4.78 is 3.94. The molecule has 8 nitrogen and oxygen atoms in total. The van der Waals surface area contributed by atoms with E-state index in [4.69, 9.17) is 15.1 Å². The number of rotatable bonds is 7. The molecule has 0 radical (unpaired) electrons. The fraction of sp³-hybridized carbons (Fsp3) is 0.357. The number of anilines is 1. The smallest absolute Gasteiger partial charge is 0.199 e. The topological polar surface area (TPSA) is 93.7 Å². The molecule has 190 valence electrons. The Kier molecular flexibility index (Phi) is 6.26. The number of aromatic nitrogens is 6. The van der Waals surface area contributed by atoms with Crippen LogP contribution in [0.15, 0.2) is 55.0 Å². The average Bonchev–Trinajstić information content (AvgIpc) is 3.69. The van der Waals surface area contributed by atoms with Gasteiger partial charge in [-0.25, -0.2) is 15.0 Å². The first-order valence-electron chi connectivity index (χ1n) is 12.8. The van der Waals surface area contributed by atoms with Gasteiger partial charge in [0.1, 0.15) is 16.3 Å². The monoisotopic (exact) mass is 513 g/mol. The van der Waals surface area contributed by atoms with Gasteiger partial charge >= 0.3 is 0 Å². The minimum Gasteiger partial charge on any atom is -0.396 e. The van der Waals surface area contributed by atoms with Crippen LogP contribution < -0.4 is 5.32 Å². The summed E-state index contributed by atoms with van der Waals surface area (Å²) in [5.41, 5.74) is 3.14. The molecule has 37 heavy (non-hydrogen) atoms. The minimum atomic E-state index is 0.228. The Hall–Kier alpha value is -3.56. The van der Waals surface area contributed by atoms with Gasteiger partial charge in [0.15, 0.2) is 11.6 Å². The zero-order valence-electron chi connectivity index (χ0n) is 21.3. The highest BCUT2D eigenvalue weighted by Crippen LogP contribution is 2.47. The lowest BCUT2D eigenvalue weighted by atomic mass is 10.0. The first-order valence-corrected chi connectivity index (χ1v) is 13.6. The third-order valence-corrected chi connectivity index (χ3v) is 8.25. The van der Waals surface area contributed by atoms with Gasteiger partial charge in [-0.3, -0.25) is 4.68 Å². The quantitative estimate of drug-likeness (QED) is 0.287. The fourth-order valence-corrected chi connectivity index (χ4v) is 6.32. The number of aliphatic hydroxyl groups excluding tert-OH is 1. The molecule has 0 spiro atoms. The van der Waals surface area contributed by atoms with Crippen LogP contribution in [-0.2, 0) is 7.05 Å². The van der Waals surface area contributed by atoms with Crippen molar-refractivity contribution in [2.24, 2.45) is 13.0 Å². The third kappa shape index (κ3) is 4.42. The Balaban J connectivity index is 1.59. The van der Waals surface area contributed by atoms with Crippen molar-refractivity contribution < 1.29 is 5.11 Å². The van der Waals surface area contributed by atoms with Gasteiger partial charge < -0.3 is 15.0 Å². The second-order valence-electron chi connectivity index (χ2n) is 10.1. The number of hydrogen-bond donors (Lipinski definition) is 2. The molecule has 5 aromatic rings. The Morgan fingerprint density at radius 2 is 1.95 bits per heavy atom. The van der Waals surface area contributed by atoms with Crippen LogP contribution in [-0.4, -0.2) is 47.1 Å². The molecule has 1 aromatic carbocycles. The van der Waals surface area contributed by atoms with Crippen molar-refractivity contribution in [2.45, 2.75) is 45.2 Å². The van der Waals surface area contributed by atoms with E-state index < -0.39 is 0 Å². The lowest BCUT2D eigenvalue weighted by molar-refractivity contribution is 0.229. The first-order chi connectivity index (χ1) is 18.0. The van der Waals surface area contributed by atoms with Crippen LogP contribution in [0.4, 0.5) is 5.82 Å². The van der Waals surface area contributed by atoms with Crippen LogP contribution in [0.1, 0.15) is 39.2 Å². The average molecular weight is 514 g/mol. The van der Waals surface area contributed by atoms with Crippen LogP contribution >= 0.6 is 11.3 Å². The Labute approximate surface area is 220 Å². The van der Waals surface area contributed by atoms with Crippen molar-refractivity contribution in [1.82, 2.24) is 29.3 Å². The van der Waals surface area contributed by atoms with E-state index in [0.717, 1.165) is 62.8 Å².